The van der Waals surface area contributed by atoms with Crippen LogP contribution in [0, 0.1) is 0 Å². The molecule has 3 unspecified atom stereocenters. The zero-order valence-electron chi connectivity index (χ0n) is 42.2. The van der Waals surface area contributed by atoms with Crippen molar-refractivity contribution in [2.24, 2.45) is 0 Å². The molecule has 9 heteroatoms. The molecule has 2 N–H and O–H groups in total. The Bertz CT molecular complexity index is 1270. The predicted octanol–water partition coefficient (Wildman–Crippen LogP) is 14.9. The average molecular weight is 917 g/mol. The monoisotopic (exact) mass is 917 g/mol. The second-order valence-corrected chi connectivity index (χ2v) is 20.3. The molecule has 0 aliphatic rings. The number of carbonyl (C=O) groups is 1. The highest BCUT2D eigenvalue weighted by Gasteiger charge is 2.23. The van der Waals surface area contributed by atoms with E-state index in [4.69, 9.17) is 9.05 Å². The summed E-state index contributed by atoms with van der Waals surface area (Å²) < 4.78 is 23.2. The maximum atomic E-state index is 12.9. The number of amides is 1. The van der Waals surface area contributed by atoms with Gasteiger partial charge in [0.2, 0.25) is 5.91 Å². The number of phosphoric ester groups is 1. The minimum atomic E-state index is -4.59. The Balaban J connectivity index is 4.08. The zero-order valence-corrected chi connectivity index (χ0v) is 43.1. The number of quaternary nitrogens is 1. The van der Waals surface area contributed by atoms with E-state index in [9.17, 15) is 19.4 Å². The summed E-state index contributed by atoms with van der Waals surface area (Å²) in [6, 6.07) is -0.887. The van der Waals surface area contributed by atoms with Crippen molar-refractivity contribution >= 4 is 13.7 Å². The molecule has 3 atom stereocenters. The summed E-state index contributed by atoms with van der Waals surface area (Å²) in [6.45, 7) is 4.51. The number of unbranched alkanes of at least 4 members (excludes halogenated alkanes) is 24. The fourth-order valence-corrected chi connectivity index (χ4v) is 8.02. The molecule has 0 fully saturated rings. The molecular weight excluding hydrogens is 816 g/mol. The van der Waals surface area contributed by atoms with E-state index in [0.717, 1.165) is 70.6 Å². The molecule has 0 saturated carbocycles. The Morgan fingerprint density at radius 1 is 0.562 bits per heavy atom. The Kier molecular flexibility index (Phi) is 44.6. The summed E-state index contributed by atoms with van der Waals surface area (Å²) in [6.07, 6.45) is 62.6. The van der Waals surface area contributed by atoms with Gasteiger partial charge < -0.3 is 28.8 Å². The van der Waals surface area contributed by atoms with Gasteiger partial charge in [0.1, 0.15) is 13.2 Å². The average Bonchev–Trinajstić information content (AvgIpc) is 3.25. The van der Waals surface area contributed by atoms with Crippen molar-refractivity contribution in [3.63, 3.8) is 0 Å². The van der Waals surface area contributed by atoms with Crippen molar-refractivity contribution in [2.75, 3.05) is 40.9 Å². The smallest absolute Gasteiger partial charge is 0.268 e. The highest BCUT2D eigenvalue weighted by Crippen LogP contribution is 2.38. The van der Waals surface area contributed by atoms with Gasteiger partial charge in [0.25, 0.3) is 7.82 Å². The van der Waals surface area contributed by atoms with Crippen molar-refractivity contribution in [3.8, 4) is 0 Å². The summed E-state index contributed by atoms with van der Waals surface area (Å²) in [5, 5.41) is 13.8. The lowest BCUT2D eigenvalue weighted by molar-refractivity contribution is -0.870. The second-order valence-electron chi connectivity index (χ2n) is 18.9. The van der Waals surface area contributed by atoms with E-state index in [1.54, 1.807) is 6.08 Å². The van der Waals surface area contributed by atoms with Gasteiger partial charge in [-0.1, -0.05) is 222 Å². The fourth-order valence-electron chi connectivity index (χ4n) is 7.30. The van der Waals surface area contributed by atoms with Gasteiger partial charge in [-0.05, 0) is 64.2 Å². The third kappa shape index (κ3) is 47.9. The van der Waals surface area contributed by atoms with Gasteiger partial charge in [0.15, 0.2) is 0 Å². The molecule has 0 bridgehead atoms. The largest absolute Gasteiger partial charge is 0.756 e. The highest BCUT2D eigenvalue weighted by atomic mass is 31.2. The molecular formula is C55H101N2O6P. The van der Waals surface area contributed by atoms with E-state index in [2.05, 4.69) is 79.9 Å². The van der Waals surface area contributed by atoms with E-state index in [1.165, 1.54) is 128 Å². The zero-order chi connectivity index (χ0) is 47.1. The molecule has 0 rings (SSSR count). The standard InChI is InChI=1S/C55H101N2O6P/c1-6-8-10-12-14-16-18-19-20-21-22-23-24-25-26-27-28-29-30-31-32-33-34-35-36-37-39-41-43-45-47-49-55(59)56-53(52-63-64(60,61)62-51-50-57(3,4)5)54(58)48-46-44-42-40-38-17-15-13-11-9-7-2/h8,10,14,16,19-20,22-23,25-26,46,48,53-54,58H,6-7,9,11-13,15,17-18,21,24,27-45,47,49-52H2,1-5H3,(H-,56,59,60,61)/b10-8-,16-14-,20-19-,23-22-,26-25-,48-46+. The number of carbonyl (C=O) groups excluding carboxylic acids is 1. The lowest BCUT2D eigenvalue weighted by Crippen LogP contribution is -2.45. The Morgan fingerprint density at radius 3 is 1.39 bits per heavy atom. The number of allylic oxidation sites excluding steroid dienone is 11. The molecule has 0 aromatic carbocycles. The van der Waals surface area contributed by atoms with Crippen molar-refractivity contribution < 1.29 is 32.9 Å². The molecule has 372 valence electrons. The van der Waals surface area contributed by atoms with Crippen LogP contribution < -0.4 is 10.2 Å². The predicted molar refractivity (Wildman–Crippen MR) is 274 cm³/mol. The van der Waals surface area contributed by atoms with E-state index < -0.39 is 20.0 Å². The number of aliphatic hydroxyl groups excluding tert-OH is 1. The molecule has 0 aliphatic heterocycles. The van der Waals surface area contributed by atoms with E-state index >= 15 is 0 Å². The first-order valence-corrected chi connectivity index (χ1v) is 27.8. The number of nitrogens with one attached hydrogen (secondary N) is 1. The first-order chi connectivity index (χ1) is 31.0. The molecule has 0 aromatic rings. The minimum Gasteiger partial charge on any atom is -0.756 e. The third-order valence-corrected chi connectivity index (χ3v) is 12.4. The quantitative estimate of drug-likeness (QED) is 0.0272. The van der Waals surface area contributed by atoms with Gasteiger partial charge in [0.05, 0.1) is 39.9 Å². The van der Waals surface area contributed by atoms with Gasteiger partial charge in [0, 0.05) is 6.42 Å². The van der Waals surface area contributed by atoms with Crippen LogP contribution in [0.2, 0.25) is 0 Å². The summed E-state index contributed by atoms with van der Waals surface area (Å²) >= 11 is 0. The van der Waals surface area contributed by atoms with Crippen LogP contribution in [0.4, 0.5) is 0 Å². The van der Waals surface area contributed by atoms with Crippen LogP contribution in [-0.4, -0.2) is 68.5 Å². The topological polar surface area (TPSA) is 108 Å². The van der Waals surface area contributed by atoms with Crippen LogP contribution in [0.25, 0.3) is 0 Å². The lowest BCUT2D eigenvalue weighted by atomic mass is 10.0. The second kappa shape index (κ2) is 46.1. The van der Waals surface area contributed by atoms with Gasteiger partial charge in [-0.15, -0.1) is 0 Å². The first-order valence-electron chi connectivity index (χ1n) is 26.3. The summed E-state index contributed by atoms with van der Waals surface area (Å²) in [7, 11) is 1.26. The minimum absolute atomic E-state index is 0.00281. The summed E-state index contributed by atoms with van der Waals surface area (Å²) in [5.74, 6) is -0.201. The number of aliphatic hydroxyl groups is 1. The van der Waals surface area contributed by atoms with Crippen LogP contribution in [0.1, 0.15) is 219 Å². The number of rotatable bonds is 47. The summed E-state index contributed by atoms with van der Waals surface area (Å²) in [4.78, 5) is 25.4. The van der Waals surface area contributed by atoms with Crippen LogP contribution in [0.15, 0.2) is 72.9 Å². The lowest BCUT2D eigenvalue weighted by Gasteiger charge is -2.29. The van der Waals surface area contributed by atoms with Gasteiger partial charge in [-0.25, -0.2) is 0 Å². The van der Waals surface area contributed by atoms with Crippen LogP contribution in [-0.2, 0) is 18.4 Å². The number of likely N-dealkylation sites (N-methyl/N-ethyl adjacent to an activating group) is 1. The summed E-state index contributed by atoms with van der Waals surface area (Å²) in [5.41, 5.74) is 0. The number of nitrogens with zero attached hydrogens (tertiary/aromatic N) is 1. The molecule has 64 heavy (non-hydrogen) atoms. The van der Waals surface area contributed by atoms with Crippen molar-refractivity contribution in [1.29, 1.82) is 0 Å². The fraction of sp³-hybridized carbons (Fsp3) is 0.764. The van der Waals surface area contributed by atoms with Crippen molar-refractivity contribution in [2.45, 2.75) is 231 Å². The van der Waals surface area contributed by atoms with Crippen LogP contribution >= 0.6 is 7.82 Å². The van der Waals surface area contributed by atoms with E-state index in [-0.39, 0.29) is 19.1 Å². The molecule has 0 radical (unpaired) electrons. The van der Waals surface area contributed by atoms with E-state index in [1.807, 2.05) is 27.2 Å². The van der Waals surface area contributed by atoms with Gasteiger partial charge >= 0.3 is 0 Å². The molecule has 8 nitrogen and oxygen atoms in total. The molecule has 1 amide bonds. The number of hydrogen-bond donors (Lipinski definition) is 2. The van der Waals surface area contributed by atoms with Crippen LogP contribution in [0.5, 0.6) is 0 Å². The van der Waals surface area contributed by atoms with Gasteiger partial charge in [-0.2, -0.15) is 0 Å². The molecule has 0 heterocycles. The number of hydrogen-bond acceptors (Lipinski definition) is 6. The van der Waals surface area contributed by atoms with Crippen molar-refractivity contribution in [3.05, 3.63) is 72.9 Å². The Hall–Kier alpha value is -2.06. The maximum absolute atomic E-state index is 12.9. The molecule has 0 spiro atoms. The van der Waals surface area contributed by atoms with Gasteiger partial charge in [-0.3, -0.25) is 9.36 Å². The third-order valence-electron chi connectivity index (χ3n) is 11.4. The SMILES string of the molecule is CC/C=C\C/C=C\C/C=C\C/C=C\C/C=C\CCCCCCCCCCCCCCCCCC(=O)NC(COP(=O)([O-])OCC[N+](C)(C)C)C(O)/C=C/CCCCCCCCCCC. The number of phosphoric acid groups is 1. The Morgan fingerprint density at radius 2 is 0.953 bits per heavy atom. The van der Waals surface area contributed by atoms with Crippen LogP contribution in [0.3, 0.4) is 0 Å². The maximum Gasteiger partial charge on any atom is 0.268 e. The molecule has 0 saturated heterocycles. The van der Waals surface area contributed by atoms with Crippen molar-refractivity contribution in [1.82, 2.24) is 5.32 Å². The normalized spacial score (nSPS) is 14.7. The first kappa shape index (κ1) is 61.9. The molecule has 0 aromatic heterocycles. The highest BCUT2D eigenvalue weighted by molar-refractivity contribution is 7.45. The van der Waals surface area contributed by atoms with E-state index in [0.29, 0.717) is 17.4 Å². The Labute approximate surface area is 395 Å². The molecule has 0 aliphatic carbocycles.